The van der Waals surface area contributed by atoms with Crippen LogP contribution in [0.4, 0.5) is 4.39 Å². The van der Waals surface area contributed by atoms with Gasteiger partial charge in [0.1, 0.15) is 5.67 Å². The van der Waals surface area contributed by atoms with Crippen LogP contribution >= 0.6 is 0 Å². The summed E-state index contributed by atoms with van der Waals surface area (Å²) < 4.78 is 39.3. The summed E-state index contributed by atoms with van der Waals surface area (Å²) in [5.41, 5.74) is -0.404. The van der Waals surface area contributed by atoms with E-state index >= 15 is 0 Å². The summed E-state index contributed by atoms with van der Waals surface area (Å²) in [6.07, 6.45) is 0.262. The maximum atomic E-state index is 13.7. The van der Waals surface area contributed by atoms with E-state index in [-0.39, 0.29) is 24.4 Å². The largest absolute Gasteiger partial charge is 0.243 e. The minimum Gasteiger partial charge on any atom is -0.243 e. The SMILES string of the molecule is Cc1ccc(S(=O)(=O)N2CCC(C)(F)C2)cc1. The van der Waals surface area contributed by atoms with Crippen molar-refractivity contribution in [3.05, 3.63) is 29.8 Å². The first-order valence-electron chi connectivity index (χ1n) is 5.57. The molecule has 1 unspecified atom stereocenters. The molecule has 94 valence electrons. The van der Waals surface area contributed by atoms with E-state index in [1.165, 1.54) is 11.2 Å². The van der Waals surface area contributed by atoms with Crippen LogP contribution in [0.25, 0.3) is 0 Å². The Morgan fingerprint density at radius 3 is 2.35 bits per heavy atom. The summed E-state index contributed by atoms with van der Waals surface area (Å²) in [6, 6.07) is 6.63. The molecule has 1 aromatic rings. The van der Waals surface area contributed by atoms with Gasteiger partial charge in [-0.1, -0.05) is 17.7 Å². The molecule has 1 fully saturated rings. The molecule has 0 radical (unpaired) electrons. The van der Waals surface area contributed by atoms with Crippen LogP contribution in [-0.4, -0.2) is 31.5 Å². The van der Waals surface area contributed by atoms with Crippen LogP contribution in [0.15, 0.2) is 29.2 Å². The van der Waals surface area contributed by atoms with Crippen LogP contribution < -0.4 is 0 Å². The molecule has 1 saturated heterocycles. The van der Waals surface area contributed by atoms with Gasteiger partial charge in [0.25, 0.3) is 0 Å². The standard InChI is InChI=1S/C12H16FNO2S/c1-10-3-5-11(6-4-10)17(15,16)14-8-7-12(2,13)9-14/h3-6H,7-9H2,1-2H3. The molecule has 5 heteroatoms. The van der Waals surface area contributed by atoms with E-state index < -0.39 is 15.7 Å². The van der Waals surface area contributed by atoms with Crippen LogP contribution in [0, 0.1) is 6.92 Å². The Bertz CT molecular complexity index is 508. The summed E-state index contributed by atoms with van der Waals surface area (Å²) in [4.78, 5) is 0.237. The molecule has 1 atom stereocenters. The Hall–Kier alpha value is -0.940. The van der Waals surface area contributed by atoms with Crippen molar-refractivity contribution in [2.24, 2.45) is 0 Å². The molecule has 0 spiro atoms. The minimum absolute atomic E-state index is 0.0524. The lowest BCUT2D eigenvalue weighted by molar-refractivity contribution is 0.208. The van der Waals surface area contributed by atoms with Gasteiger partial charge in [-0.15, -0.1) is 0 Å². The number of halogens is 1. The molecule has 0 amide bonds. The molecule has 3 nitrogen and oxygen atoms in total. The Morgan fingerprint density at radius 1 is 1.29 bits per heavy atom. The zero-order valence-electron chi connectivity index (χ0n) is 9.98. The summed E-state index contributed by atoms with van der Waals surface area (Å²) in [7, 11) is -3.53. The lowest BCUT2D eigenvalue weighted by Crippen LogP contribution is -2.31. The number of alkyl halides is 1. The topological polar surface area (TPSA) is 37.4 Å². The second kappa shape index (κ2) is 4.07. The van der Waals surface area contributed by atoms with Crippen LogP contribution in [0.5, 0.6) is 0 Å². The van der Waals surface area contributed by atoms with Crippen LogP contribution in [0.1, 0.15) is 18.9 Å². The lowest BCUT2D eigenvalue weighted by atomic mass is 10.1. The number of rotatable bonds is 2. The number of hydrogen-bond donors (Lipinski definition) is 0. The molecule has 1 aromatic carbocycles. The Morgan fingerprint density at radius 2 is 1.88 bits per heavy atom. The van der Waals surface area contributed by atoms with Gasteiger partial charge in [0, 0.05) is 13.1 Å². The molecular weight excluding hydrogens is 241 g/mol. The molecular formula is C12H16FNO2S. The molecule has 0 aliphatic carbocycles. The zero-order valence-corrected chi connectivity index (χ0v) is 10.8. The third-order valence-electron chi connectivity index (χ3n) is 3.05. The van der Waals surface area contributed by atoms with Crippen LogP contribution in [0.2, 0.25) is 0 Å². The van der Waals surface area contributed by atoms with Crippen LogP contribution in [-0.2, 0) is 10.0 Å². The van der Waals surface area contributed by atoms with E-state index in [4.69, 9.17) is 0 Å². The molecule has 0 bridgehead atoms. The number of sulfonamides is 1. The van der Waals surface area contributed by atoms with Crippen molar-refractivity contribution in [3.63, 3.8) is 0 Å². The molecule has 2 rings (SSSR count). The molecule has 1 aliphatic heterocycles. The highest BCUT2D eigenvalue weighted by Crippen LogP contribution is 2.29. The number of nitrogens with zero attached hydrogens (tertiary/aromatic N) is 1. The van der Waals surface area contributed by atoms with E-state index in [2.05, 4.69) is 0 Å². The summed E-state index contributed by atoms with van der Waals surface area (Å²) in [5, 5.41) is 0. The second-order valence-corrected chi connectivity index (χ2v) is 6.75. The van der Waals surface area contributed by atoms with E-state index in [0.29, 0.717) is 0 Å². The van der Waals surface area contributed by atoms with Gasteiger partial charge in [0.15, 0.2) is 0 Å². The lowest BCUT2D eigenvalue weighted by Gasteiger charge is -2.17. The highest BCUT2D eigenvalue weighted by molar-refractivity contribution is 7.89. The molecule has 17 heavy (non-hydrogen) atoms. The van der Waals surface area contributed by atoms with Gasteiger partial charge in [-0.25, -0.2) is 12.8 Å². The summed E-state index contributed by atoms with van der Waals surface area (Å²) in [5.74, 6) is 0. The van der Waals surface area contributed by atoms with Crippen molar-refractivity contribution in [3.8, 4) is 0 Å². The van der Waals surface area contributed by atoms with Crippen molar-refractivity contribution >= 4 is 10.0 Å². The predicted molar refractivity (Wildman–Crippen MR) is 64.1 cm³/mol. The zero-order chi connectivity index (χ0) is 12.7. The second-order valence-electron chi connectivity index (χ2n) is 4.81. The highest BCUT2D eigenvalue weighted by Gasteiger charge is 2.39. The molecule has 0 N–H and O–H groups in total. The van der Waals surface area contributed by atoms with Gasteiger partial charge in [-0.05, 0) is 32.4 Å². The highest BCUT2D eigenvalue weighted by atomic mass is 32.2. The first-order valence-corrected chi connectivity index (χ1v) is 7.01. The third-order valence-corrected chi connectivity index (χ3v) is 4.91. The third kappa shape index (κ3) is 2.50. The van der Waals surface area contributed by atoms with Crippen molar-refractivity contribution in [1.29, 1.82) is 0 Å². The van der Waals surface area contributed by atoms with E-state index in [1.807, 2.05) is 6.92 Å². The Labute approximate surface area is 101 Å². The predicted octanol–water partition coefficient (Wildman–Crippen LogP) is 2.12. The first kappa shape index (κ1) is 12.5. The van der Waals surface area contributed by atoms with Crippen molar-refractivity contribution in [2.75, 3.05) is 13.1 Å². The van der Waals surface area contributed by atoms with E-state index in [9.17, 15) is 12.8 Å². The maximum Gasteiger partial charge on any atom is 0.243 e. The average Bonchev–Trinajstić information content (AvgIpc) is 2.60. The van der Waals surface area contributed by atoms with E-state index in [1.54, 1.807) is 24.3 Å². The van der Waals surface area contributed by atoms with Gasteiger partial charge in [-0.2, -0.15) is 4.31 Å². The van der Waals surface area contributed by atoms with Gasteiger partial charge < -0.3 is 0 Å². The smallest absolute Gasteiger partial charge is 0.243 e. The normalized spacial score (nSPS) is 26.3. The average molecular weight is 257 g/mol. The molecule has 1 heterocycles. The van der Waals surface area contributed by atoms with E-state index in [0.717, 1.165) is 5.56 Å². The fraction of sp³-hybridized carbons (Fsp3) is 0.500. The van der Waals surface area contributed by atoms with Crippen LogP contribution in [0.3, 0.4) is 0 Å². The van der Waals surface area contributed by atoms with Gasteiger partial charge in [0.2, 0.25) is 10.0 Å². The van der Waals surface area contributed by atoms with Crippen molar-refractivity contribution < 1.29 is 12.8 Å². The maximum absolute atomic E-state index is 13.7. The number of aryl methyl sites for hydroxylation is 1. The molecule has 0 saturated carbocycles. The number of hydrogen-bond acceptors (Lipinski definition) is 2. The summed E-state index contributed by atoms with van der Waals surface area (Å²) in [6.45, 7) is 3.54. The van der Waals surface area contributed by atoms with Gasteiger partial charge in [0.05, 0.1) is 4.90 Å². The quantitative estimate of drug-likeness (QED) is 0.814. The van der Waals surface area contributed by atoms with Crippen molar-refractivity contribution in [2.45, 2.75) is 30.8 Å². The molecule has 0 aromatic heterocycles. The Kier molecular flexibility index (Phi) is 2.99. The monoisotopic (exact) mass is 257 g/mol. The fourth-order valence-electron chi connectivity index (χ4n) is 1.95. The number of benzene rings is 1. The summed E-state index contributed by atoms with van der Waals surface area (Å²) >= 11 is 0. The minimum atomic E-state index is -3.53. The fourth-order valence-corrected chi connectivity index (χ4v) is 3.50. The molecule has 1 aliphatic rings. The first-order chi connectivity index (χ1) is 7.81. The Balaban J connectivity index is 2.29. The van der Waals surface area contributed by atoms with Crippen molar-refractivity contribution in [1.82, 2.24) is 4.31 Å². The van der Waals surface area contributed by atoms with Gasteiger partial charge in [-0.3, -0.25) is 0 Å². The van der Waals surface area contributed by atoms with Gasteiger partial charge >= 0.3 is 0 Å².